The number of carbonyl (C=O) groups is 1. The Morgan fingerprint density at radius 1 is 1.26 bits per heavy atom. The molecule has 0 radical (unpaired) electrons. The van der Waals surface area contributed by atoms with Crippen molar-refractivity contribution in [3.63, 3.8) is 0 Å². The van der Waals surface area contributed by atoms with Crippen LogP contribution in [0.4, 0.5) is 13.2 Å². The molecule has 19 heavy (non-hydrogen) atoms. The Bertz CT molecular complexity index is 591. The van der Waals surface area contributed by atoms with Gasteiger partial charge in [-0.3, -0.25) is 4.79 Å². The van der Waals surface area contributed by atoms with Crippen LogP contribution in [-0.2, 0) is 0 Å². The van der Waals surface area contributed by atoms with Crippen LogP contribution in [0.5, 0.6) is 5.75 Å². The molecule has 2 aromatic rings. The van der Waals surface area contributed by atoms with Crippen molar-refractivity contribution in [3.05, 3.63) is 42.2 Å². The minimum atomic E-state index is -4.81. The van der Waals surface area contributed by atoms with E-state index in [4.69, 9.17) is 10.2 Å². The number of amides is 1. The molecule has 1 aromatic carbocycles. The van der Waals surface area contributed by atoms with Gasteiger partial charge in [0.2, 0.25) is 5.91 Å². The zero-order chi connectivity index (χ0) is 14.0. The number of hydrogen-bond acceptors (Lipinski definition) is 3. The smallest absolute Gasteiger partial charge is 0.464 e. The Labute approximate surface area is 105 Å². The molecule has 0 aliphatic rings. The fourth-order valence-electron chi connectivity index (χ4n) is 1.57. The summed E-state index contributed by atoms with van der Waals surface area (Å²) in [6.07, 6.45) is -3.48. The van der Waals surface area contributed by atoms with Gasteiger partial charge in [-0.1, -0.05) is 0 Å². The molecule has 2 rings (SSSR count). The van der Waals surface area contributed by atoms with E-state index in [1.165, 1.54) is 18.4 Å². The van der Waals surface area contributed by atoms with Crippen molar-refractivity contribution >= 4 is 5.91 Å². The van der Waals surface area contributed by atoms with E-state index >= 15 is 0 Å². The summed E-state index contributed by atoms with van der Waals surface area (Å²) in [4.78, 5) is 11.2. The molecule has 4 nitrogen and oxygen atoms in total. The number of hydrogen-bond donors (Lipinski definition) is 1. The van der Waals surface area contributed by atoms with Crippen molar-refractivity contribution in [3.8, 4) is 17.1 Å². The third-order valence-corrected chi connectivity index (χ3v) is 2.28. The van der Waals surface area contributed by atoms with Crippen molar-refractivity contribution in [2.45, 2.75) is 6.36 Å². The summed E-state index contributed by atoms with van der Waals surface area (Å²) in [6.45, 7) is 0. The number of rotatable bonds is 3. The number of ether oxygens (including phenoxy) is 1. The molecule has 0 bridgehead atoms. The van der Waals surface area contributed by atoms with Crippen molar-refractivity contribution < 1.29 is 27.1 Å². The second-order valence-electron chi connectivity index (χ2n) is 3.60. The first-order valence-electron chi connectivity index (χ1n) is 5.10. The van der Waals surface area contributed by atoms with Gasteiger partial charge in [-0.15, -0.1) is 13.2 Å². The molecule has 2 N–H and O–H groups in total. The highest BCUT2D eigenvalue weighted by Gasteiger charge is 2.31. The van der Waals surface area contributed by atoms with E-state index in [9.17, 15) is 18.0 Å². The standard InChI is InChI=1S/C12H8F3NO3/c13-12(14,15)19-7-3-4-8(11(16)17)9(6-7)10-2-1-5-18-10/h1-6H,(H2,16,17). The van der Waals surface area contributed by atoms with Crippen LogP contribution in [0.15, 0.2) is 41.0 Å². The number of halogens is 3. The number of carbonyl (C=O) groups excluding carboxylic acids is 1. The Kier molecular flexibility index (Phi) is 3.20. The maximum absolute atomic E-state index is 12.1. The van der Waals surface area contributed by atoms with E-state index in [2.05, 4.69) is 4.74 Å². The highest BCUT2D eigenvalue weighted by Crippen LogP contribution is 2.31. The second kappa shape index (κ2) is 4.68. The van der Waals surface area contributed by atoms with Gasteiger partial charge in [-0.25, -0.2) is 0 Å². The number of nitrogens with two attached hydrogens (primary N) is 1. The topological polar surface area (TPSA) is 65.5 Å². The highest BCUT2D eigenvalue weighted by molar-refractivity contribution is 5.99. The summed E-state index contributed by atoms with van der Waals surface area (Å²) in [6, 6.07) is 6.25. The van der Waals surface area contributed by atoms with Crippen LogP contribution < -0.4 is 10.5 Å². The van der Waals surface area contributed by atoms with Crippen molar-refractivity contribution in [2.24, 2.45) is 5.73 Å². The molecule has 0 aliphatic heterocycles. The van der Waals surface area contributed by atoms with Crippen molar-refractivity contribution in [1.82, 2.24) is 0 Å². The molecule has 0 spiro atoms. The van der Waals surface area contributed by atoms with E-state index in [-0.39, 0.29) is 16.9 Å². The molecule has 0 unspecified atom stereocenters. The van der Waals surface area contributed by atoms with E-state index in [1.54, 1.807) is 0 Å². The van der Waals surface area contributed by atoms with E-state index in [0.29, 0.717) is 0 Å². The lowest BCUT2D eigenvalue weighted by Gasteiger charge is -2.11. The zero-order valence-electron chi connectivity index (χ0n) is 9.40. The molecule has 0 aliphatic carbocycles. The van der Waals surface area contributed by atoms with Gasteiger partial charge in [0.05, 0.1) is 11.8 Å². The van der Waals surface area contributed by atoms with Crippen LogP contribution in [0.2, 0.25) is 0 Å². The van der Waals surface area contributed by atoms with Crippen molar-refractivity contribution in [2.75, 3.05) is 0 Å². The van der Waals surface area contributed by atoms with Crippen LogP contribution >= 0.6 is 0 Å². The van der Waals surface area contributed by atoms with Gasteiger partial charge < -0.3 is 14.9 Å². The van der Waals surface area contributed by atoms with Crippen LogP contribution in [0.1, 0.15) is 10.4 Å². The number of alkyl halides is 3. The van der Waals surface area contributed by atoms with E-state index in [0.717, 1.165) is 18.2 Å². The summed E-state index contributed by atoms with van der Waals surface area (Å²) in [5.41, 5.74) is 5.34. The van der Waals surface area contributed by atoms with Gasteiger partial charge in [-0.2, -0.15) is 0 Å². The Hall–Kier alpha value is -2.44. The molecule has 7 heteroatoms. The largest absolute Gasteiger partial charge is 0.573 e. The SMILES string of the molecule is NC(=O)c1ccc(OC(F)(F)F)cc1-c1ccco1. The van der Waals surface area contributed by atoms with E-state index in [1.807, 2.05) is 0 Å². The van der Waals surface area contributed by atoms with E-state index < -0.39 is 18.0 Å². The fraction of sp³-hybridized carbons (Fsp3) is 0.0833. The minimum Gasteiger partial charge on any atom is -0.464 e. The van der Waals surface area contributed by atoms with Crippen LogP contribution in [0, 0.1) is 0 Å². The minimum absolute atomic E-state index is 0.0458. The third-order valence-electron chi connectivity index (χ3n) is 2.28. The lowest BCUT2D eigenvalue weighted by Crippen LogP contribution is -2.18. The molecule has 1 aromatic heterocycles. The molecular formula is C12H8F3NO3. The first-order valence-corrected chi connectivity index (χ1v) is 5.10. The van der Waals surface area contributed by atoms with Gasteiger partial charge in [0, 0.05) is 5.56 Å². The molecule has 0 atom stereocenters. The van der Waals surface area contributed by atoms with Gasteiger partial charge in [-0.05, 0) is 30.3 Å². The molecular weight excluding hydrogens is 263 g/mol. The van der Waals surface area contributed by atoms with Gasteiger partial charge in [0.15, 0.2) is 0 Å². The maximum Gasteiger partial charge on any atom is 0.573 e. The summed E-state index contributed by atoms with van der Waals surface area (Å²) in [5, 5.41) is 0. The molecule has 1 amide bonds. The van der Waals surface area contributed by atoms with Crippen molar-refractivity contribution in [1.29, 1.82) is 0 Å². The predicted molar refractivity (Wildman–Crippen MR) is 59.3 cm³/mol. The molecule has 1 heterocycles. The van der Waals surface area contributed by atoms with Crippen LogP contribution in [0.3, 0.4) is 0 Å². The number of benzene rings is 1. The molecule has 0 fully saturated rings. The Morgan fingerprint density at radius 2 is 2.00 bits per heavy atom. The summed E-state index contributed by atoms with van der Waals surface area (Å²) >= 11 is 0. The number of furan rings is 1. The quantitative estimate of drug-likeness (QED) is 0.933. The maximum atomic E-state index is 12.1. The highest BCUT2D eigenvalue weighted by atomic mass is 19.4. The Balaban J connectivity index is 2.48. The molecule has 0 saturated carbocycles. The lowest BCUT2D eigenvalue weighted by molar-refractivity contribution is -0.274. The van der Waals surface area contributed by atoms with Gasteiger partial charge in [0.1, 0.15) is 11.5 Å². The Morgan fingerprint density at radius 3 is 2.53 bits per heavy atom. The summed E-state index contributed by atoms with van der Waals surface area (Å²) in [7, 11) is 0. The normalized spacial score (nSPS) is 11.3. The first-order chi connectivity index (χ1) is 8.87. The third kappa shape index (κ3) is 3.06. The lowest BCUT2D eigenvalue weighted by atomic mass is 10.0. The van der Waals surface area contributed by atoms with Gasteiger partial charge >= 0.3 is 6.36 Å². The fourth-order valence-corrected chi connectivity index (χ4v) is 1.57. The predicted octanol–water partition coefficient (Wildman–Crippen LogP) is 2.94. The summed E-state index contributed by atoms with van der Waals surface area (Å²) in [5.74, 6) is -1.00. The second-order valence-corrected chi connectivity index (χ2v) is 3.60. The first kappa shape index (κ1) is 13.0. The molecule has 0 saturated heterocycles. The summed E-state index contributed by atoms with van der Waals surface area (Å²) < 4.78 is 45.2. The average Bonchev–Trinajstić information content (AvgIpc) is 2.79. The average molecular weight is 271 g/mol. The van der Waals surface area contributed by atoms with Crippen LogP contribution in [-0.4, -0.2) is 12.3 Å². The zero-order valence-corrected chi connectivity index (χ0v) is 9.40. The number of primary amides is 1. The van der Waals surface area contributed by atoms with Crippen LogP contribution in [0.25, 0.3) is 11.3 Å². The van der Waals surface area contributed by atoms with Gasteiger partial charge in [0.25, 0.3) is 0 Å². The monoisotopic (exact) mass is 271 g/mol. The molecule has 100 valence electrons.